The highest BCUT2D eigenvalue weighted by Crippen LogP contribution is 2.07. The maximum atomic E-state index is 11.7. The van der Waals surface area contributed by atoms with Crippen LogP contribution in [0.15, 0.2) is 42.6 Å². The summed E-state index contributed by atoms with van der Waals surface area (Å²) in [6, 6.07) is 9.45. The molecular weight excluding hydrogens is 256 g/mol. The van der Waals surface area contributed by atoms with E-state index in [0.29, 0.717) is 6.54 Å². The van der Waals surface area contributed by atoms with Crippen LogP contribution in [0.1, 0.15) is 26.3 Å². The van der Waals surface area contributed by atoms with Crippen molar-refractivity contribution < 1.29 is 14.3 Å². The van der Waals surface area contributed by atoms with Crippen LogP contribution in [0.2, 0.25) is 0 Å². The fraction of sp³-hybridized carbons (Fsp3) is 0.333. The second kappa shape index (κ2) is 6.75. The van der Waals surface area contributed by atoms with E-state index in [9.17, 15) is 9.59 Å². The van der Waals surface area contributed by atoms with Gasteiger partial charge in [-0.05, 0) is 26.3 Å². The quantitative estimate of drug-likeness (QED) is 0.829. The molecule has 108 valence electrons. The number of carbonyl (C=O) groups is 2. The molecule has 2 amide bonds. The molecule has 5 nitrogen and oxygen atoms in total. The number of benzene rings is 1. The average Bonchev–Trinajstić information content (AvgIpc) is 2.34. The molecule has 0 atom stereocenters. The Morgan fingerprint density at radius 1 is 1.20 bits per heavy atom. The Balaban J connectivity index is 2.40. The number of hydrogen-bond donors (Lipinski definition) is 2. The van der Waals surface area contributed by atoms with Gasteiger partial charge in [0.25, 0.3) is 5.91 Å². The summed E-state index contributed by atoms with van der Waals surface area (Å²) >= 11 is 0. The van der Waals surface area contributed by atoms with Crippen LogP contribution in [0.25, 0.3) is 0 Å². The Hall–Kier alpha value is -2.30. The standard InChI is InChI=1S/C15H20N2O3/c1-11(17-14(19)20-15(2,3)4)13(18)16-10-12-8-6-5-7-9-12/h5-9H,1,10H2,2-4H3,(H,16,18)(H,17,19). The van der Waals surface area contributed by atoms with Gasteiger partial charge in [-0.1, -0.05) is 36.9 Å². The van der Waals surface area contributed by atoms with E-state index in [-0.39, 0.29) is 5.70 Å². The Morgan fingerprint density at radius 3 is 2.35 bits per heavy atom. The topological polar surface area (TPSA) is 67.4 Å². The van der Waals surface area contributed by atoms with Crippen LogP contribution in [-0.4, -0.2) is 17.6 Å². The van der Waals surface area contributed by atoms with Crippen molar-refractivity contribution in [2.45, 2.75) is 32.9 Å². The summed E-state index contributed by atoms with van der Waals surface area (Å²) in [4.78, 5) is 23.2. The minimum Gasteiger partial charge on any atom is -0.444 e. The second-order valence-electron chi connectivity index (χ2n) is 5.27. The lowest BCUT2D eigenvalue weighted by atomic mass is 10.2. The number of carbonyl (C=O) groups excluding carboxylic acids is 2. The van der Waals surface area contributed by atoms with Crippen LogP contribution in [-0.2, 0) is 16.1 Å². The van der Waals surface area contributed by atoms with E-state index in [1.807, 2.05) is 30.3 Å². The van der Waals surface area contributed by atoms with E-state index in [1.165, 1.54) is 0 Å². The summed E-state index contributed by atoms with van der Waals surface area (Å²) in [6.07, 6.45) is -0.697. The van der Waals surface area contributed by atoms with Gasteiger partial charge in [0.2, 0.25) is 0 Å². The largest absolute Gasteiger partial charge is 0.444 e. The molecule has 0 aromatic heterocycles. The Labute approximate surface area is 119 Å². The molecule has 0 aliphatic rings. The molecule has 1 aromatic rings. The Bertz CT molecular complexity index is 490. The third-order valence-corrected chi connectivity index (χ3v) is 2.22. The van der Waals surface area contributed by atoms with Crippen molar-refractivity contribution in [3.05, 3.63) is 48.2 Å². The fourth-order valence-electron chi connectivity index (χ4n) is 1.37. The zero-order chi connectivity index (χ0) is 15.2. The molecule has 0 bridgehead atoms. The molecule has 0 radical (unpaired) electrons. The first-order valence-electron chi connectivity index (χ1n) is 6.29. The number of hydrogen-bond acceptors (Lipinski definition) is 3. The number of rotatable bonds is 4. The van der Waals surface area contributed by atoms with Crippen LogP contribution >= 0.6 is 0 Å². The summed E-state index contributed by atoms with van der Waals surface area (Å²) < 4.78 is 5.03. The predicted octanol–water partition coefficient (Wildman–Crippen LogP) is 2.34. The predicted molar refractivity (Wildman–Crippen MR) is 76.8 cm³/mol. The Kier molecular flexibility index (Phi) is 5.32. The van der Waals surface area contributed by atoms with Crippen LogP contribution in [0.4, 0.5) is 4.79 Å². The maximum absolute atomic E-state index is 11.7. The van der Waals surface area contributed by atoms with E-state index in [1.54, 1.807) is 20.8 Å². The third kappa shape index (κ3) is 6.04. The monoisotopic (exact) mass is 276 g/mol. The normalized spacial score (nSPS) is 10.6. The van der Waals surface area contributed by atoms with Gasteiger partial charge in [-0.25, -0.2) is 4.79 Å². The minimum absolute atomic E-state index is 0.0461. The molecule has 0 spiro atoms. The van der Waals surface area contributed by atoms with E-state index in [2.05, 4.69) is 17.2 Å². The van der Waals surface area contributed by atoms with Crippen molar-refractivity contribution in [1.82, 2.24) is 10.6 Å². The van der Waals surface area contributed by atoms with Crippen molar-refractivity contribution in [3.8, 4) is 0 Å². The lowest BCUT2D eigenvalue weighted by molar-refractivity contribution is -0.118. The summed E-state index contributed by atoms with van der Waals surface area (Å²) in [6.45, 7) is 9.11. The van der Waals surface area contributed by atoms with Crippen LogP contribution < -0.4 is 10.6 Å². The van der Waals surface area contributed by atoms with Crippen molar-refractivity contribution in [3.63, 3.8) is 0 Å². The lowest BCUT2D eigenvalue weighted by Gasteiger charge is -2.20. The third-order valence-electron chi connectivity index (χ3n) is 2.22. The number of nitrogens with one attached hydrogen (secondary N) is 2. The average molecular weight is 276 g/mol. The highest BCUT2D eigenvalue weighted by molar-refractivity contribution is 5.95. The minimum atomic E-state index is -0.697. The van der Waals surface area contributed by atoms with Crippen molar-refractivity contribution in [2.75, 3.05) is 0 Å². The molecule has 0 fully saturated rings. The molecule has 2 N–H and O–H groups in total. The van der Waals surface area contributed by atoms with E-state index in [4.69, 9.17) is 4.74 Å². The second-order valence-corrected chi connectivity index (χ2v) is 5.27. The molecule has 1 aromatic carbocycles. The molecule has 0 heterocycles. The van der Waals surface area contributed by atoms with Gasteiger partial charge in [0, 0.05) is 6.54 Å². The molecule has 1 rings (SSSR count). The van der Waals surface area contributed by atoms with Gasteiger partial charge in [-0.2, -0.15) is 0 Å². The number of ether oxygens (including phenoxy) is 1. The molecule has 0 saturated heterocycles. The van der Waals surface area contributed by atoms with Gasteiger partial charge in [-0.3, -0.25) is 10.1 Å². The number of amides is 2. The molecule has 0 unspecified atom stereocenters. The summed E-state index contributed by atoms with van der Waals surface area (Å²) in [7, 11) is 0. The van der Waals surface area contributed by atoms with Crippen molar-refractivity contribution in [1.29, 1.82) is 0 Å². The maximum Gasteiger partial charge on any atom is 0.412 e. The number of alkyl carbamates (subject to hydrolysis) is 1. The molecule has 0 aliphatic carbocycles. The zero-order valence-corrected chi connectivity index (χ0v) is 12.0. The first-order valence-corrected chi connectivity index (χ1v) is 6.29. The van der Waals surface area contributed by atoms with Crippen LogP contribution in [0.5, 0.6) is 0 Å². The van der Waals surface area contributed by atoms with Crippen molar-refractivity contribution in [2.24, 2.45) is 0 Å². The SMILES string of the molecule is C=C(NC(=O)OC(C)(C)C)C(=O)NCc1ccccc1. The molecule has 20 heavy (non-hydrogen) atoms. The molecule has 0 saturated carbocycles. The van der Waals surface area contributed by atoms with E-state index < -0.39 is 17.6 Å². The Morgan fingerprint density at radius 2 is 1.80 bits per heavy atom. The lowest BCUT2D eigenvalue weighted by Crippen LogP contribution is -2.37. The first-order chi connectivity index (χ1) is 9.28. The van der Waals surface area contributed by atoms with Gasteiger partial charge in [0.15, 0.2) is 0 Å². The van der Waals surface area contributed by atoms with E-state index >= 15 is 0 Å². The van der Waals surface area contributed by atoms with E-state index in [0.717, 1.165) is 5.56 Å². The molecular formula is C15H20N2O3. The van der Waals surface area contributed by atoms with Gasteiger partial charge in [0.1, 0.15) is 11.3 Å². The highest BCUT2D eigenvalue weighted by Gasteiger charge is 2.18. The summed E-state index contributed by atoms with van der Waals surface area (Å²) in [5.74, 6) is -0.445. The summed E-state index contributed by atoms with van der Waals surface area (Å²) in [5.41, 5.74) is 0.298. The zero-order valence-electron chi connectivity index (χ0n) is 12.0. The van der Waals surface area contributed by atoms with Gasteiger partial charge < -0.3 is 10.1 Å². The first kappa shape index (κ1) is 15.8. The van der Waals surface area contributed by atoms with Crippen LogP contribution in [0, 0.1) is 0 Å². The molecule has 0 aliphatic heterocycles. The van der Waals surface area contributed by atoms with Gasteiger partial charge >= 0.3 is 6.09 Å². The van der Waals surface area contributed by atoms with Gasteiger partial charge in [-0.15, -0.1) is 0 Å². The fourth-order valence-corrected chi connectivity index (χ4v) is 1.37. The smallest absolute Gasteiger partial charge is 0.412 e. The summed E-state index contributed by atoms with van der Waals surface area (Å²) in [5, 5.41) is 4.96. The highest BCUT2D eigenvalue weighted by atomic mass is 16.6. The molecule has 5 heteroatoms. The van der Waals surface area contributed by atoms with Crippen LogP contribution in [0.3, 0.4) is 0 Å². The van der Waals surface area contributed by atoms with Gasteiger partial charge in [0.05, 0.1) is 0 Å². The van der Waals surface area contributed by atoms with Crippen molar-refractivity contribution >= 4 is 12.0 Å².